The van der Waals surface area contributed by atoms with E-state index in [4.69, 9.17) is 5.73 Å². The van der Waals surface area contributed by atoms with Gasteiger partial charge in [-0.2, -0.15) is 0 Å². The second-order valence-electron chi connectivity index (χ2n) is 3.83. The summed E-state index contributed by atoms with van der Waals surface area (Å²) in [6.07, 6.45) is 1.28. The van der Waals surface area contributed by atoms with E-state index in [1.165, 1.54) is 10.9 Å². The minimum Gasteiger partial charge on any atom is -0.322 e. The van der Waals surface area contributed by atoms with E-state index < -0.39 is 5.92 Å². The van der Waals surface area contributed by atoms with Crippen LogP contribution in [0.1, 0.15) is 24.6 Å². The van der Waals surface area contributed by atoms with Crippen LogP contribution < -0.4 is 5.73 Å². The Kier molecular flexibility index (Phi) is 2.02. The first-order valence-corrected chi connectivity index (χ1v) is 4.47. The van der Waals surface area contributed by atoms with Crippen molar-refractivity contribution in [1.82, 2.24) is 15.0 Å². The fourth-order valence-electron chi connectivity index (χ4n) is 1.80. The van der Waals surface area contributed by atoms with Crippen LogP contribution in [-0.4, -0.2) is 20.9 Å². The van der Waals surface area contributed by atoms with Gasteiger partial charge in [-0.25, -0.2) is 8.78 Å². The van der Waals surface area contributed by atoms with Crippen molar-refractivity contribution in [3.05, 3.63) is 11.9 Å². The van der Waals surface area contributed by atoms with Gasteiger partial charge in [-0.15, -0.1) is 5.10 Å². The van der Waals surface area contributed by atoms with Crippen molar-refractivity contribution in [2.45, 2.75) is 24.8 Å². The quantitative estimate of drug-likeness (QED) is 0.773. The highest BCUT2D eigenvalue weighted by atomic mass is 19.3. The summed E-state index contributed by atoms with van der Waals surface area (Å²) in [5, 5.41) is 7.38. The third-order valence-corrected chi connectivity index (χ3v) is 2.72. The van der Waals surface area contributed by atoms with Gasteiger partial charge in [-0.1, -0.05) is 5.21 Å². The zero-order valence-electron chi connectivity index (χ0n) is 7.82. The summed E-state index contributed by atoms with van der Waals surface area (Å²) in [5.74, 6) is -2.67. The maximum Gasteiger partial charge on any atom is 0.248 e. The van der Waals surface area contributed by atoms with Gasteiger partial charge in [0, 0.05) is 19.9 Å². The molecule has 0 saturated heterocycles. The van der Waals surface area contributed by atoms with Gasteiger partial charge in [0.1, 0.15) is 0 Å². The molecule has 0 bridgehead atoms. The summed E-state index contributed by atoms with van der Waals surface area (Å²) < 4.78 is 26.7. The number of aromatic nitrogens is 3. The number of nitrogens with zero attached hydrogens (tertiary/aromatic N) is 3. The van der Waals surface area contributed by atoms with Crippen LogP contribution in [0.2, 0.25) is 0 Å². The van der Waals surface area contributed by atoms with Crippen LogP contribution in [-0.2, 0) is 7.05 Å². The van der Waals surface area contributed by atoms with Gasteiger partial charge in [0.2, 0.25) is 5.92 Å². The van der Waals surface area contributed by atoms with E-state index in [1.54, 1.807) is 7.05 Å². The molecule has 1 aromatic rings. The average Bonchev–Trinajstić information content (AvgIpc) is 2.45. The molecule has 0 aromatic carbocycles. The molecule has 1 aliphatic carbocycles. The van der Waals surface area contributed by atoms with Crippen molar-refractivity contribution in [2.24, 2.45) is 18.7 Å². The first-order valence-electron chi connectivity index (χ1n) is 4.47. The fourth-order valence-corrected chi connectivity index (χ4v) is 1.80. The van der Waals surface area contributed by atoms with Gasteiger partial charge in [0.15, 0.2) is 0 Å². The highest BCUT2D eigenvalue weighted by molar-refractivity contribution is 5.06. The third-order valence-electron chi connectivity index (χ3n) is 2.72. The molecule has 6 heteroatoms. The SMILES string of the molecule is Cn1nncc1C(N)C1CC(F)(F)C1. The Bertz CT molecular complexity index is 328. The summed E-state index contributed by atoms with van der Waals surface area (Å²) >= 11 is 0. The predicted octanol–water partition coefficient (Wildman–Crippen LogP) is 0.860. The Morgan fingerprint density at radius 1 is 1.64 bits per heavy atom. The topological polar surface area (TPSA) is 56.7 Å². The number of nitrogens with two attached hydrogens (primary N) is 1. The molecule has 1 saturated carbocycles. The molecule has 1 aromatic heterocycles. The van der Waals surface area contributed by atoms with E-state index in [9.17, 15) is 8.78 Å². The fraction of sp³-hybridized carbons (Fsp3) is 0.750. The van der Waals surface area contributed by atoms with Crippen LogP contribution in [0.5, 0.6) is 0 Å². The van der Waals surface area contributed by atoms with Crippen LogP contribution >= 0.6 is 0 Å². The number of halogens is 2. The Morgan fingerprint density at radius 3 is 2.71 bits per heavy atom. The molecule has 1 fully saturated rings. The van der Waals surface area contributed by atoms with Crippen molar-refractivity contribution >= 4 is 0 Å². The first kappa shape index (κ1) is 9.51. The van der Waals surface area contributed by atoms with Crippen LogP contribution in [0.4, 0.5) is 8.78 Å². The molecule has 0 aliphatic heterocycles. The monoisotopic (exact) mass is 202 g/mol. The maximum atomic E-state index is 12.6. The lowest BCUT2D eigenvalue weighted by Crippen LogP contribution is -2.41. The van der Waals surface area contributed by atoms with Gasteiger partial charge < -0.3 is 5.73 Å². The third kappa shape index (κ3) is 1.50. The molecule has 0 spiro atoms. The lowest BCUT2D eigenvalue weighted by Gasteiger charge is -2.38. The van der Waals surface area contributed by atoms with Crippen LogP contribution in [0.3, 0.4) is 0 Å². The highest BCUT2D eigenvalue weighted by Gasteiger charge is 2.48. The molecule has 0 radical (unpaired) electrons. The number of alkyl halides is 2. The molecule has 1 atom stereocenters. The smallest absolute Gasteiger partial charge is 0.248 e. The summed E-state index contributed by atoms with van der Waals surface area (Å²) in [4.78, 5) is 0. The van der Waals surface area contributed by atoms with Gasteiger partial charge in [-0.3, -0.25) is 4.68 Å². The van der Waals surface area contributed by atoms with Crippen molar-refractivity contribution in [1.29, 1.82) is 0 Å². The molecule has 1 aliphatic rings. The van der Waals surface area contributed by atoms with Crippen LogP contribution in [0.25, 0.3) is 0 Å². The minimum atomic E-state index is -2.52. The normalized spacial score (nSPS) is 23.1. The molecule has 0 amide bonds. The van der Waals surface area contributed by atoms with E-state index in [0.29, 0.717) is 5.69 Å². The van der Waals surface area contributed by atoms with Crippen molar-refractivity contribution < 1.29 is 8.78 Å². The largest absolute Gasteiger partial charge is 0.322 e. The van der Waals surface area contributed by atoms with Crippen LogP contribution in [0, 0.1) is 5.92 Å². The second-order valence-corrected chi connectivity index (χ2v) is 3.83. The summed E-state index contributed by atoms with van der Waals surface area (Å²) in [7, 11) is 1.71. The van der Waals surface area contributed by atoms with E-state index in [1.807, 2.05) is 0 Å². The lowest BCUT2D eigenvalue weighted by atomic mass is 9.76. The van der Waals surface area contributed by atoms with Crippen molar-refractivity contribution in [3.63, 3.8) is 0 Å². The molecular formula is C8H12F2N4. The first-order chi connectivity index (χ1) is 6.49. The molecular weight excluding hydrogens is 190 g/mol. The average molecular weight is 202 g/mol. The van der Waals surface area contributed by atoms with Crippen molar-refractivity contribution in [2.75, 3.05) is 0 Å². The van der Waals surface area contributed by atoms with E-state index >= 15 is 0 Å². The summed E-state index contributed by atoms with van der Waals surface area (Å²) in [6.45, 7) is 0. The van der Waals surface area contributed by atoms with Gasteiger partial charge in [-0.05, 0) is 5.92 Å². The molecule has 14 heavy (non-hydrogen) atoms. The number of aryl methyl sites for hydroxylation is 1. The Balaban J connectivity index is 2.04. The highest BCUT2D eigenvalue weighted by Crippen LogP contribution is 2.47. The van der Waals surface area contributed by atoms with E-state index in [-0.39, 0.29) is 24.8 Å². The minimum absolute atomic E-state index is 0.126. The predicted molar refractivity (Wildman–Crippen MR) is 45.6 cm³/mol. The molecule has 1 heterocycles. The van der Waals surface area contributed by atoms with E-state index in [2.05, 4.69) is 10.3 Å². The Morgan fingerprint density at radius 2 is 2.29 bits per heavy atom. The van der Waals surface area contributed by atoms with E-state index in [0.717, 1.165) is 0 Å². The van der Waals surface area contributed by atoms with Crippen LogP contribution in [0.15, 0.2) is 6.20 Å². The summed E-state index contributed by atoms with van der Waals surface area (Å²) in [5.41, 5.74) is 6.55. The van der Waals surface area contributed by atoms with Gasteiger partial charge in [0.25, 0.3) is 0 Å². The number of hydrogen-bond donors (Lipinski definition) is 1. The number of hydrogen-bond acceptors (Lipinski definition) is 3. The Labute approximate surface area is 80.1 Å². The molecule has 1 unspecified atom stereocenters. The molecule has 2 rings (SSSR count). The van der Waals surface area contributed by atoms with Gasteiger partial charge >= 0.3 is 0 Å². The summed E-state index contributed by atoms with van der Waals surface area (Å²) in [6, 6.07) is -0.380. The lowest BCUT2D eigenvalue weighted by molar-refractivity contribution is -0.117. The molecule has 2 N–H and O–H groups in total. The van der Waals surface area contributed by atoms with Crippen molar-refractivity contribution in [3.8, 4) is 0 Å². The zero-order valence-corrected chi connectivity index (χ0v) is 7.82. The van der Waals surface area contributed by atoms with Gasteiger partial charge in [0.05, 0.1) is 17.9 Å². The number of rotatable bonds is 2. The zero-order chi connectivity index (χ0) is 10.3. The maximum absolute atomic E-state index is 12.6. The second kappa shape index (κ2) is 2.98. The standard InChI is InChI=1S/C8H12F2N4/c1-14-6(4-12-13-14)7(11)5-2-8(9,10)3-5/h4-5,7H,2-3,11H2,1H3. The molecule has 4 nitrogen and oxygen atoms in total. The molecule has 78 valence electrons. The Hall–Kier alpha value is -1.04.